The molecule has 0 aromatic heterocycles. The van der Waals surface area contributed by atoms with Gasteiger partial charge in [-0.25, -0.2) is 8.42 Å². The number of amides is 1. The van der Waals surface area contributed by atoms with Gasteiger partial charge in [-0.1, -0.05) is 24.3 Å². The van der Waals surface area contributed by atoms with E-state index in [4.69, 9.17) is 0 Å². The van der Waals surface area contributed by atoms with E-state index < -0.39 is 10.0 Å². The summed E-state index contributed by atoms with van der Waals surface area (Å²) in [6.45, 7) is 1.12. The maximum atomic E-state index is 12.6. The number of benzene rings is 2. The summed E-state index contributed by atoms with van der Waals surface area (Å²) in [5, 5.41) is 2.74. The zero-order valence-corrected chi connectivity index (χ0v) is 13.4. The van der Waals surface area contributed by atoms with Gasteiger partial charge in [0.25, 0.3) is 5.91 Å². The van der Waals surface area contributed by atoms with Crippen LogP contribution in [-0.2, 0) is 10.0 Å². The number of carbonyl (C=O) groups excluding carboxylic acids is 1. The third kappa shape index (κ3) is 3.43. The van der Waals surface area contributed by atoms with Crippen molar-refractivity contribution in [2.24, 2.45) is 0 Å². The van der Waals surface area contributed by atoms with Crippen molar-refractivity contribution in [1.29, 1.82) is 0 Å². The molecule has 0 aliphatic carbocycles. The number of rotatable bonds is 4. The number of hydrogen-bond donors (Lipinski definition) is 1. The quantitative estimate of drug-likeness (QED) is 0.937. The van der Waals surface area contributed by atoms with Crippen molar-refractivity contribution >= 4 is 21.6 Å². The highest BCUT2D eigenvalue weighted by molar-refractivity contribution is 7.89. The molecule has 2 aromatic rings. The monoisotopic (exact) mass is 330 g/mol. The van der Waals surface area contributed by atoms with Gasteiger partial charge in [-0.2, -0.15) is 4.31 Å². The molecule has 1 aliphatic rings. The molecule has 1 saturated heterocycles. The Morgan fingerprint density at radius 3 is 2.35 bits per heavy atom. The van der Waals surface area contributed by atoms with Gasteiger partial charge in [-0.15, -0.1) is 0 Å². The van der Waals surface area contributed by atoms with Crippen molar-refractivity contribution in [3.8, 4) is 0 Å². The predicted octanol–water partition coefficient (Wildman–Crippen LogP) is 2.72. The minimum absolute atomic E-state index is 0.213. The van der Waals surface area contributed by atoms with E-state index in [9.17, 15) is 13.2 Å². The van der Waals surface area contributed by atoms with E-state index >= 15 is 0 Å². The molecule has 1 fully saturated rings. The van der Waals surface area contributed by atoms with Crippen LogP contribution < -0.4 is 5.32 Å². The molecule has 0 bridgehead atoms. The molecular weight excluding hydrogens is 312 g/mol. The summed E-state index contributed by atoms with van der Waals surface area (Å²) in [5.41, 5.74) is 0.999. The van der Waals surface area contributed by atoms with Gasteiger partial charge in [0.05, 0.1) is 4.90 Å². The predicted molar refractivity (Wildman–Crippen MR) is 88.8 cm³/mol. The number of nitrogens with one attached hydrogen (secondary N) is 1. The molecule has 1 amide bonds. The molecule has 1 N–H and O–H groups in total. The normalized spacial score (nSPS) is 15.5. The SMILES string of the molecule is O=C(Nc1cccc(S(=O)(=O)N2CCCC2)c1)c1ccccc1. The third-order valence-corrected chi connectivity index (χ3v) is 5.73. The van der Waals surface area contributed by atoms with Gasteiger partial charge in [0.1, 0.15) is 0 Å². The maximum absolute atomic E-state index is 12.6. The Kier molecular flexibility index (Phi) is 4.45. The standard InChI is InChI=1S/C17H18N2O3S/c20-17(14-7-2-1-3-8-14)18-15-9-6-10-16(13-15)23(21,22)19-11-4-5-12-19/h1-3,6-10,13H,4-5,11-12H2,(H,18,20). The summed E-state index contributed by atoms with van der Waals surface area (Å²) in [6.07, 6.45) is 1.79. The van der Waals surface area contributed by atoms with E-state index in [0.29, 0.717) is 24.3 Å². The molecule has 0 atom stereocenters. The second-order valence-corrected chi connectivity index (χ2v) is 7.40. The van der Waals surface area contributed by atoms with Crippen LogP contribution in [0.25, 0.3) is 0 Å². The highest BCUT2D eigenvalue weighted by Crippen LogP contribution is 2.23. The maximum Gasteiger partial charge on any atom is 0.255 e. The van der Waals surface area contributed by atoms with Crippen LogP contribution in [0.3, 0.4) is 0 Å². The molecule has 1 aliphatic heterocycles. The Labute approximate surface area is 136 Å². The van der Waals surface area contributed by atoms with Crippen LogP contribution in [0.1, 0.15) is 23.2 Å². The van der Waals surface area contributed by atoms with Crippen molar-refractivity contribution < 1.29 is 13.2 Å². The van der Waals surface area contributed by atoms with Crippen molar-refractivity contribution in [3.05, 3.63) is 60.2 Å². The minimum Gasteiger partial charge on any atom is -0.322 e. The average molecular weight is 330 g/mol. The molecule has 0 spiro atoms. The molecular formula is C17H18N2O3S. The number of carbonyl (C=O) groups is 1. The van der Waals surface area contributed by atoms with Gasteiger partial charge in [0.15, 0.2) is 0 Å². The fraction of sp³-hybridized carbons (Fsp3) is 0.235. The van der Waals surface area contributed by atoms with Crippen LogP contribution in [0.4, 0.5) is 5.69 Å². The van der Waals surface area contributed by atoms with E-state index in [1.54, 1.807) is 42.5 Å². The van der Waals surface area contributed by atoms with Crippen LogP contribution in [0, 0.1) is 0 Å². The fourth-order valence-corrected chi connectivity index (χ4v) is 4.17. The lowest BCUT2D eigenvalue weighted by molar-refractivity contribution is 0.102. The Balaban J connectivity index is 1.81. The Hall–Kier alpha value is -2.18. The highest BCUT2D eigenvalue weighted by Gasteiger charge is 2.27. The zero-order chi connectivity index (χ0) is 16.3. The van der Waals surface area contributed by atoms with Crippen LogP contribution in [0.2, 0.25) is 0 Å². The number of nitrogens with zero attached hydrogens (tertiary/aromatic N) is 1. The Morgan fingerprint density at radius 1 is 0.957 bits per heavy atom. The van der Waals surface area contributed by atoms with Crippen molar-refractivity contribution in [3.63, 3.8) is 0 Å². The van der Waals surface area contributed by atoms with Crippen molar-refractivity contribution in [1.82, 2.24) is 4.31 Å². The van der Waals surface area contributed by atoms with Crippen LogP contribution in [0.15, 0.2) is 59.5 Å². The van der Waals surface area contributed by atoms with Crippen molar-refractivity contribution in [2.75, 3.05) is 18.4 Å². The van der Waals surface area contributed by atoms with E-state index in [1.165, 1.54) is 10.4 Å². The van der Waals surface area contributed by atoms with Crippen LogP contribution >= 0.6 is 0 Å². The molecule has 6 heteroatoms. The van der Waals surface area contributed by atoms with Gasteiger partial charge in [-0.3, -0.25) is 4.79 Å². The summed E-state index contributed by atoms with van der Waals surface area (Å²) in [6, 6.07) is 15.2. The second-order valence-electron chi connectivity index (χ2n) is 5.46. The molecule has 120 valence electrons. The smallest absolute Gasteiger partial charge is 0.255 e. The molecule has 0 saturated carbocycles. The van der Waals surface area contributed by atoms with Gasteiger partial charge < -0.3 is 5.32 Å². The third-order valence-electron chi connectivity index (χ3n) is 3.83. The highest BCUT2D eigenvalue weighted by atomic mass is 32.2. The first-order valence-corrected chi connectivity index (χ1v) is 8.98. The van der Waals surface area contributed by atoms with Gasteiger partial charge in [-0.05, 0) is 43.2 Å². The lowest BCUT2D eigenvalue weighted by Gasteiger charge is -2.16. The molecule has 5 nitrogen and oxygen atoms in total. The summed E-state index contributed by atoms with van der Waals surface area (Å²) < 4.78 is 26.6. The summed E-state index contributed by atoms with van der Waals surface area (Å²) in [5.74, 6) is -0.263. The molecule has 3 rings (SSSR count). The summed E-state index contributed by atoms with van der Waals surface area (Å²) in [4.78, 5) is 12.4. The summed E-state index contributed by atoms with van der Waals surface area (Å²) >= 11 is 0. The molecule has 2 aromatic carbocycles. The van der Waals surface area contributed by atoms with Crippen LogP contribution in [0.5, 0.6) is 0 Å². The average Bonchev–Trinajstić information content (AvgIpc) is 3.11. The second kappa shape index (κ2) is 6.52. The van der Waals surface area contributed by atoms with Gasteiger partial charge in [0, 0.05) is 24.3 Å². The lowest BCUT2D eigenvalue weighted by atomic mass is 10.2. The van der Waals surface area contributed by atoms with E-state index in [1.807, 2.05) is 6.07 Å². The first-order chi connectivity index (χ1) is 11.1. The summed E-state index contributed by atoms with van der Waals surface area (Å²) in [7, 11) is -3.48. The van der Waals surface area contributed by atoms with E-state index in [2.05, 4.69) is 5.32 Å². The Bertz CT molecular complexity index is 798. The molecule has 1 heterocycles. The zero-order valence-electron chi connectivity index (χ0n) is 12.6. The molecule has 0 radical (unpaired) electrons. The van der Waals surface area contributed by atoms with Crippen molar-refractivity contribution in [2.45, 2.75) is 17.7 Å². The van der Waals surface area contributed by atoms with E-state index in [0.717, 1.165) is 12.8 Å². The van der Waals surface area contributed by atoms with Gasteiger partial charge in [0.2, 0.25) is 10.0 Å². The molecule has 0 unspecified atom stereocenters. The number of anilines is 1. The van der Waals surface area contributed by atoms with Crippen LogP contribution in [-0.4, -0.2) is 31.7 Å². The number of sulfonamides is 1. The Morgan fingerprint density at radius 2 is 1.65 bits per heavy atom. The molecule has 23 heavy (non-hydrogen) atoms. The number of hydrogen-bond acceptors (Lipinski definition) is 3. The largest absolute Gasteiger partial charge is 0.322 e. The van der Waals surface area contributed by atoms with Gasteiger partial charge >= 0.3 is 0 Å². The van der Waals surface area contributed by atoms with E-state index in [-0.39, 0.29) is 10.8 Å². The fourth-order valence-electron chi connectivity index (χ4n) is 2.60. The minimum atomic E-state index is -3.48. The lowest BCUT2D eigenvalue weighted by Crippen LogP contribution is -2.27. The topological polar surface area (TPSA) is 66.5 Å². The first-order valence-electron chi connectivity index (χ1n) is 7.54. The first kappa shape index (κ1) is 15.7.